The van der Waals surface area contributed by atoms with Crippen molar-refractivity contribution < 1.29 is 18.0 Å². The zero-order valence-corrected chi connectivity index (χ0v) is 17.8. The van der Waals surface area contributed by atoms with Gasteiger partial charge in [-0.25, -0.2) is 8.78 Å². The summed E-state index contributed by atoms with van der Waals surface area (Å²) in [4.78, 5) is 14.7. The summed E-state index contributed by atoms with van der Waals surface area (Å²) in [5.74, 6) is -2.05. The van der Waals surface area contributed by atoms with Crippen LogP contribution in [-0.4, -0.2) is 47.2 Å². The smallest absolute Gasteiger partial charge is 0.308 e. The maximum Gasteiger partial charge on any atom is 0.308 e. The van der Waals surface area contributed by atoms with Gasteiger partial charge in [-0.2, -0.15) is 0 Å². The minimum atomic E-state index is -0.825. The zero-order valence-electron chi connectivity index (χ0n) is 17.8. The lowest BCUT2D eigenvalue weighted by molar-refractivity contribution is 0.0903. The van der Waals surface area contributed by atoms with Crippen LogP contribution in [0.1, 0.15) is 36.4 Å². The van der Waals surface area contributed by atoms with Crippen LogP contribution in [0.3, 0.4) is 0 Å². The Bertz CT molecular complexity index is 1040. The molecule has 0 bridgehead atoms. The number of benzene rings is 1. The Morgan fingerprint density at radius 1 is 1.22 bits per heavy atom. The molecule has 168 valence electrons. The van der Waals surface area contributed by atoms with Gasteiger partial charge in [0.25, 0.3) is 5.89 Å². The first-order valence-corrected chi connectivity index (χ1v) is 10.9. The first kappa shape index (κ1) is 22.1. The van der Waals surface area contributed by atoms with E-state index in [0.29, 0.717) is 12.5 Å². The maximum absolute atomic E-state index is 13.9. The number of nitrogens with one attached hydrogen (secondary N) is 1. The molecule has 1 aliphatic carbocycles. The van der Waals surface area contributed by atoms with Crippen LogP contribution in [0, 0.1) is 17.6 Å². The fourth-order valence-corrected chi connectivity index (χ4v) is 3.87. The number of amides is 1. The van der Waals surface area contributed by atoms with E-state index in [0.717, 1.165) is 57.5 Å². The molecule has 0 spiro atoms. The molecule has 6 nitrogen and oxygen atoms in total. The van der Waals surface area contributed by atoms with Gasteiger partial charge in [0.1, 0.15) is 11.6 Å². The highest BCUT2D eigenvalue weighted by molar-refractivity contribution is 5.89. The molecule has 1 N–H and O–H groups in total. The number of carbonyl (C=O) groups is 1. The number of aromatic nitrogens is 2. The fraction of sp³-hybridized carbons (Fsp3) is 0.375. The number of halogens is 2. The number of likely N-dealkylation sites (tertiary alicyclic amines) is 1. The number of piperidine rings is 1. The molecule has 2 aliphatic rings. The van der Waals surface area contributed by atoms with E-state index in [2.05, 4.69) is 50.8 Å². The third-order valence-electron chi connectivity index (χ3n) is 5.74. The lowest BCUT2D eigenvalue weighted by Gasteiger charge is -2.31. The van der Waals surface area contributed by atoms with Crippen molar-refractivity contribution in [2.45, 2.75) is 25.7 Å². The van der Waals surface area contributed by atoms with Crippen LogP contribution in [0.25, 0.3) is 11.5 Å². The molecular formula is C24H26F2N4O2. The third-order valence-corrected chi connectivity index (χ3v) is 5.74. The molecule has 8 heteroatoms. The number of rotatable bonds is 7. The first-order valence-electron chi connectivity index (χ1n) is 10.9. The summed E-state index contributed by atoms with van der Waals surface area (Å²) in [6, 6.07) is 3.02. The van der Waals surface area contributed by atoms with Gasteiger partial charge in [0.2, 0.25) is 0 Å². The van der Waals surface area contributed by atoms with Crippen molar-refractivity contribution in [3.8, 4) is 11.5 Å². The molecule has 4 rings (SSSR count). The molecule has 0 saturated carbocycles. The molecule has 1 aromatic heterocycles. The van der Waals surface area contributed by atoms with Crippen molar-refractivity contribution in [2.24, 2.45) is 5.92 Å². The van der Waals surface area contributed by atoms with Gasteiger partial charge in [-0.3, -0.25) is 9.69 Å². The molecule has 1 aliphatic heterocycles. The molecule has 1 saturated heterocycles. The Kier molecular flexibility index (Phi) is 7.21. The minimum absolute atomic E-state index is 0.0461. The van der Waals surface area contributed by atoms with Crippen LogP contribution in [0.4, 0.5) is 8.78 Å². The summed E-state index contributed by atoms with van der Waals surface area (Å²) in [6.07, 6.45) is 15.2. The monoisotopic (exact) mass is 440 g/mol. The third kappa shape index (κ3) is 5.76. The summed E-state index contributed by atoms with van der Waals surface area (Å²) >= 11 is 0. The van der Waals surface area contributed by atoms with Gasteiger partial charge in [0.15, 0.2) is 0 Å². The van der Waals surface area contributed by atoms with Crippen LogP contribution < -0.4 is 5.32 Å². The Morgan fingerprint density at radius 3 is 2.81 bits per heavy atom. The van der Waals surface area contributed by atoms with Gasteiger partial charge in [0.05, 0.1) is 5.56 Å². The van der Waals surface area contributed by atoms with E-state index in [9.17, 15) is 13.6 Å². The van der Waals surface area contributed by atoms with Gasteiger partial charge < -0.3 is 9.73 Å². The van der Waals surface area contributed by atoms with Gasteiger partial charge in [-0.05, 0) is 62.4 Å². The Morgan fingerprint density at radius 2 is 2.06 bits per heavy atom. The lowest BCUT2D eigenvalue weighted by Crippen LogP contribution is -2.38. The van der Waals surface area contributed by atoms with Crippen molar-refractivity contribution in [3.05, 3.63) is 71.7 Å². The van der Waals surface area contributed by atoms with Crippen molar-refractivity contribution in [1.29, 1.82) is 0 Å². The number of nitrogens with zero attached hydrogens (tertiary/aromatic N) is 3. The number of carbonyl (C=O) groups excluding carboxylic acids is 1. The van der Waals surface area contributed by atoms with Crippen LogP contribution in [0.2, 0.25) is 0 Å². The summed E-state index contributed by atoms with van der Waals surface area (Å²) in [7, 11) is 0. The van der Waals surface area contributed by atoms with Gasteiger partial charge in [-0.15, -0.1) is 10.2 Å². The predicted octanol–water partition coefficient (Wildman–Crippen LogP) is 4.29. The highest BCUT2D eigenvalue weighted by Crippen LogP contribution is 2.22. The van der Waals surface area contributed by atoms with Crippen LogP contribution in [0.5, 0.6) is 0 Å². The summed E-state index contributed by atoms with van der Waals surface area (Å²) < 4.78 is 32.2. The lowest BCUT2D eigenvalue weighted by atomic mass is 9.96. The quantitative estimate of drug-likeness (QED) is 0.696. The summed E-state index contributed by atoms with van der Waals surface area (Å²) in [5.41, 5.74) is 1.23. The van der Waals surface area contributed by atoms with Crippen LogP contribution in [0.15, 0.2) is 58.6 Å². The highest BCUT2D eigenvalue weighted by Gasteiger charge is 2.22. The zero-order chi connectivity index (χ0) is 22.3. The van der Waals surface area contributed by atoms with Gasteiger partial charge in [-0.1, -0.05) is 30.4 Å². The van der Waals surface area contributed by atoms with E-state index in [-0.39, 0.29) is 17.3 Å². The van der Waals surface area contributed by atoms with E-state index in [1.807, 2.05) is 0 Å². The fourth-order valence-electron chi connectivity index (χ4n) is 3.87. The molecule has 2 heterocycles. The van der Waals surface area contributed by atoms with Crippen molar-refractivity contribution in [3.63, 3.8) is 0 Å². The topological polar surface area (TPSA) is 71.3 Å². The maximum atomic E-state index is 13.9. The average molecular weight is 440 g/mol. The van der Waals surface area contributed by atoms with Gasteiger partial charge >= 0.3 is 11.8 Å². The molecule has 0 radical (unpaired) electrons. The second-order valence-electron chi connectivity index (χ2n) is 8.08. The summed E-state index contributed by atoms with van der Waals surface area (Å²) in [5, 5.41) is 10.2. The van der Waals surface area contributed by atoms with Crippen molar-refractivity contribution in [1.82, 2.24) is 20.4 Å². The number of hydrogen-bond donors (Lipinski definition) is 1. The Hall–Kier alpha value is -3.13. The Balaban J connectivity index is 1.21. The van der Waals surface area contributed by atoms with E-state index in [4.69, 9.17) is 4.42 Å². The highest BCUT2D eigenvalue weighted by atomic mass is 19.1. The molecular weight excluding hydrogens is 414 g/mol. The van der Waals surface area contributed by atoms with E-state index >= 15 is 0 Å². The summed E-state index contributed by atoms with van der Waals surface area (Å²) in [6.45, 7) is 3.40. The molecule has 1 fully saturated rings. The van der Waals surface area contributed by atoms with Crippen molar-refractivity contribution in [2.75, 3.05) is 26.2 Å². The SMILES string of the molecule is O=C(NCC1CCN(C/C=C/C2=CCCC=C2)CC1)c1nnc(-c2ccc(F)cc2F)o1. The second-order valence-corrected chi connectivity index (χ2v) is 8.08. The molecule has 32 heavy (non-hydrogen) atoms. The largest absolute Gasteiger partial charge is 0.412 e. The van der Waals surface area contributed by atoms with Crippen molar-refractivity contribution >= 4 is 5.91 Å². The van der Waals surface area contributed by atoms with Crippen LogP contribution >= 0.6 is 0 Å². The number of hydrogen-bond acceptors (Lipinski definition) is 5. The number of allylic oxidation sites excluding steroid dienone is 5. The molecule has 0 atom stereocenters. The second kappa shape index (κ2) is 10.5. The van der Waals surface area contributed by atoms with Crippen LogP contribution in [-0.2, 0) is 0 Å². The van der Waals surface area contributed by atoms with E-state index in [1.54, 1.807) is 0 Å². The predicted molar refractivity (Wildman–Crippen MR) is 117 cm³/mol. The molecule has 2 aromatic rings. The standard InChI is InChI=1S/C24H26F2N4O2/c25-19-8-9-20(21(26)15-19)23-28-29-24(32-23)22(31)27-16-18-10-13-30(14-11-18)12-4-7-17-5-2-1-3-6-17/h2,4-9,15,18H,1,3,10-14,16H2,(H,27,31)/b7-4+. The van der Waals surface area contributed by atoms with E-state index < -0.39 is 17.5 Å². The average Bonchev–Trinajstić information content (AvgIpc) is 3.29. The first-order chi connectivity index (χ1) is 15.6. The molecule has 0 unspecified atom stereocenters. The molecule has 1 aromatic carbocycles. The minimum Gasteiger partial charge on any atom is -0.412 e. The normalized spacial score (nSPS) is 17.6. The Labute approximate surface area is 185 Å². The molecule has 1 amide bonds. The van der Waals surface area contributed by atoms with Gasteiger partial charge in [0, 0.05) is 19.2 Å². The van der Waals surface area contributed by atoms with E-state index in [1.165, 1.54) is 11.6 Å².